The predicted octanol–water partition coefficient (Wildman–Crippen LogP) is 5.17. The number of hydrogen-bond acceptors (Lipinski definition) is 1. The van der Waals surface area contributed by atoms with E-state index in [0.717, 1.165) is 23.3 Å². The molecule has 2 rings (SSSR count). The maximum Gasteiger partial charge on any atom is 0.138 e. The quantitative estimate of drug-likeness (QED) is 0.493. The molecule has 1 aromatic heterocycles. The number of aryl methyl sites for hydroxylation is 1. The highest BCUT2D eigenvalue weighted by Gasteiger charge is 2.21. The molecule has 0 fully saturated rings. The van der Waals surface area contributed by atoms with Gasteiger partial charge in [-0.25, -0.2) is 9.37 Å². The zero-order valence-electron chi connectivity index (χ0n) is 12.0. The summed E-state index contributed by atoms with van der Waals surface area (Å²) in [6, 6.07) is 3.73. The standard InChI is InChI=1S/C15H19ClFIN2/c1-4-13(9(2)3)20-14-7-10(17)11(18)8-12(14)19-15(20)5-6-16/h7-9,13H,4-6H2,1-3H3. The highest BCUT2D eigenvalue weighted by Crippen LogP contribution is 2.30. The summed E-state index contributed by atoms with van der Waals surface area (Å²) < 4.78 is 16.7. The average Bonchev–Trinajstić information content (AvgIpc) is 2.70. The van der Waals surface area contributed by atoms with Crippen molar-refractivity contribution in [3.05, 3.63) is 27.3 Å². The normalized spacial score (nSPS) is 13.3. The Kier molecular flexibility index (Phi) is 5.29. The zero-order chi connectivity index (χ0) is 14.9. The van der Waals surface area contributed by atoms with Crippen LogP contribution in [0, 0.1) is 15.3 Å². The second-order valence-electron chi connectivity index (χ2n) is 5.31. The molecular weight excluding hydrogens is 390 g/mol. The molecule has 110 valence electrons. The van der Waals surface area contributed by atoms with Gasteiger partial charge in [0.25, 0.3) is 0 Å². The molecule has 2 nitrogen and oxygen atoms in total. The van der Waals surface area contributed by atoms with Crippen LogP contribution in [0.25, 0.3) is 11.0 Å². The minimum absolute atomic E-state index is 0.185. The predicted molar refractivity (Wildman–Crippen MR) is 91.0 cm³/mol. The molecule has 1 aromatic carbocycles. The Morgan fingerprint density at radius 1 is 1.40 bits per heavy atom. The van der Waals surface area contributed by atoms with Crippen molar-refractivity contribution in [2.24, 2.45) is 5.92 Å². The Hall–Kier alpha value is -0.360. The van der Waals surface area contributed by atoms with Gasteiger partial charge in [-0.3, -0.25) is 0 Å². The van der Waals surface area contributed by atoms with E-state index in [1.165, 1.54) is 0 Å². The Bertz CT molecular complexity index is 609. The van der Waals surface area contributed by atoms with Crippen molar-refractivity contribution >= 4 is 45.2 Å². The smallest absolute Gasteiger partial charge is 0.138 e. The van der Waals surface area contributed by atoms with Crippen LogP contribution in [0.1, 0.15) is 39.1 Å². The van der Waals surface area contributed by atoms with Gasteiger partial charge in [-0.1, -0.05) is 20.8 Å². The minimum Gasteiger partial charge on any atom is -0.324 e. The van der Waals surface area contributed by atoms with E-state index in [1.54, 1.807) is 6.07 Å². The van der Waals surface area contributed by atoms with Gasteiger partial charge in [0.05, 0.1) is 14.6 Å². The number of halogens is 3. The third kappa shape index (κ3) is 2.96. The molecule has 0 radical (unpaired) electrons. The second-order valence-corrected chi connectivity index (χ2v) is 6.85. The first-order chi connectivity index (χ1) is 9.49. The van der Waals surface area contributed by atoms with Crippen LogP contribution >= 0.6 is 34.2 Å². The van der Waals surface area contributed by atoms with Crippen LogP contribution in [0.15, 0.2) is 12.1 Å². The number of nitrogens with zero attached hydrogens (tertiary/aromatic N) is 2. The Balaban J connectivity index is 2.70. The van der Waals surface area contributed by atoms with Crippen LogP contribution in [-0.4, -0.2) is 15.4 Å². The zero-order valence-corrected chi connectivity index (χ0v) is 14.9. The Morgan fingerprint density at radius 2 is 2.10 bits per heavy atom. The summed E-state index contributed by atoms with van der Waals surface area (Å²) in [7, 11) is 0. The molecule has 0 saturated carbocycles. The van der Waals surface area contributed by atoms with Crippen molar-refractivity contribution in [2.45, 2.75) is 39.7 Å². The fourth-order valence-electron chi connectivity index (χ4n) is 2.72. The van der Waals surface area contributed by atoms with E-state index in [0.29, 0.717) is 27.8 Å². The molecule has 2 aromatic rings. The van der Waals surface area contributed by atoms with E-state index >= 15 is 0 Å². The first-order valence-corrected chi connectivity index (χ1v) is 8.52. The van der Waals surface area contributed by atoms with Gasteiger partial charge in [0.15, 0.2) is 0 Å². The largest absolute Gasteiger partial charge is 0.324 e. The van der Waals surface area contributed by atoms with Crippen molar-refractivity contribution in [3.8, 4) is 0 Å². The van der Waals surface area contributed by atoms with Crippen LogP contribution < -0.4 is 0 Å². The van der Waals surface area contributed by atoms with Crippen LogP contribution in [0.4, 0.5) is 4.39 Å². The molecule has 0 N–H and O–H groups in total. The van der Waals surface area contributed by atoms with E-state index in [1.807, 2.05) is 28.7 Å². The topological polar surface area (TPSA) is 17.8 Å². The molecule has 5 heteroatoms. The van der Waals surface area contributed by atoms with Crippen molar-refractivity contribution in [1.29, 1.82) is 0 Å². The SMILES string of the molecule is CCC(C(C)C)n1c(CCCl)nc2cc(I)c(F)cc21. The van der Waals surface area contributed by atoms with Gasteiger partial charge in [0, 0.05) is 24.4 Å². The van der Waals surface area contributed by atoms with Crippen LogP contribution in [0.2, 0.25) is 0 Å². The monoisotopic (exact) mass is 408 g/mol. The molecule has 0 amide bonds. The van der Waals surface area contributed by atoms with E-state index in [2.05, 4.69) is 30.3 Å². The van der Waals surface area contributed by atoms with Crippen LogP contribution in [0.3, 0.4) is 0 Å². The van der Waals surface area contributed by atoms with Crippen LogP contribution in [-0.2, 0) is 6.42 Å². The van der Waals surface area contributed by atoms with Gasteiger partial charge in [0.2, 0.25) is 0 Å². The van der Waals surface area contributed by atoms with Crippen molar-refractivity contribution in [2.75, 3.05) is 5.88 Å². The van der Waals surface area contributed by atoms with E-state index < -0.39 is 0 Å². The van der Waals surface area contributed by atoms with E-state index in [4.69, 9.17) is 11.6 Å². The van der Waals surface area contributed by atoms with E-state index in [-0.39, 0.29) is 5.82 Å². The summed E-state index contributed by atoms with van der Waals surface area (Å²) in [5.41, 5.74) is 1.73. The lowest BCUT2D eigenvalue weighted by Gasteiger charge is -2.24. The third-order valence-electron chi connectivity index (χ3n) is 3.64. The lowest BCUT2D eigenvalue weighted by atomic mass is 10.0. The fraction of sp³-hybridized carbons (Fsp3) is 0.533. The lowest BCUT2D eigenvalue weighted by Crippen LogP contribution is -2.17. The summed E-state index contributed by atoms with van der Waals surface area (Å²) >= 11 is 7.90. The summed E-state index contributed by atoms with van der Waals surface area (Å²) in [6.07, 6.45) is 1.70. The summed E-state index contributed by atoms with van der Waals surface area (Å²) in [5, 5.41) is 0. The molecule has 0 bridgehead atoms. The molecule has 1 heterocycles. The number of alkyl halides is 1. The Labute approximate surface area is 137 Å². The molecule has 0 aliphatic heterocycles. The second kappa shape index (κ2) is 6.60. The maximum atomic E-state index is 13.9. The summed E-state index contributed by atoms with van der Waals surface area (Å²) in [5.74, 6) is 1.76. The van der Waals surface area contributed by atoms with Gasteiger partial charge in [-0.15, -0.1) is 11.6 Å². The van der Waals surface area contributed by atoms with Crippen molar-refractivity contribution in [1.82, 2.24) is 9.55 Å². The van der Waals surface area contributed by atoms with Crippen molar-refractivity contribution < 1.29 is 4.39 Å². The number of imidazole rings is 1. The van der Waals surface area contributed by atoms with Gasteiger partial charge in [-0.05, 0) is 41.0 Å². The van der Waals surface area contributed by atoms with E-state index in [9.17, 15) is 4.39 Å². The highest BCUT2D eigenvalue weighted by atomic mass is 127. The molecule has 20 heavy (non-hydrogen) atoms. The molecule has 1 unspecified atom stereocenters. The maximum absolute atomic E-state index is 13.9. The van der Waals surface area contributed by atoms with Gasteiger partial charge in [0.1, 0.15) is 11.6 Å². The molecule has 0 saturated heterocycles. The molecule has 0 spiro atoms. The van der Waals surface area contributed by atoms with Gasteiger partial charge < -0.3 is 4.57 Å². The fourth-order valence-corrected chi connectivity index (χ4v) is 3.34. The number of hydrogen-bond donors (Lipinski definition) is 0. The molecular formula is C15H19ClFIN2. The number of fused-ring (bicyclic) bond motifs is 1. The summed E-state index contributed by atoms with van der Waals surface area (Å²) in [4.78, 5) is 4.66. The van der Waals surface area contributed by atoms with Crippen LogP contribution in [0.5, 0.6) is 0 Å². The minimum atomic E-state index is -0.185. The number of benzene rings is 1. The summed E-state index contributed by atoms with van der Waals surface area (Å²) in [6.45, 7) is 6.53. The average molecular weight is 409 g/mol. The molecule has 0 aliphatic carbocycles. The first-order valence-electron chi connectivity index (χ1n) is 6.91. The third-order valence-corrected chi connectivity index (χ3v) is 4.66. The van der Waals surface area contributed by atoms with Crippen molar-refractivity contribution in [3.63, 3.8) is 0 Å². The number of aromatic nitrogens is 2. The molecule has 0 aliphatic rings. The molecule has 1 atom stereocenters. The first kappa shape index (κ1) is 16.0. The highest BCUT2D eigenvalue weighted by molar-refractivity contribution is 14.1. The Morgan fingerprint density at radius 3 is 2.65 bits per heavy atom. The van der Waals surface area contributed by atoms with Gasteiger partial charge >= 0.3 is 0 Å². The number of rotatable bonds is 5. The lowest BCUT2D eigenvalue weighted by molar-refractivity contribution is 0.365. The van der Waals surface area contributed by atoms with Gasteiger partial charge in [-0.2, -0.15) is 0 Å².